The SMILES string of the molecule is c1ccc2cc(-c3ccc(N(c4ccc(-c5ccc6ccccc6c5)cc4)c4ccc5c(c4)oc4ccccc45)cc3)ccc2c1. The van der Waals surface area contributed by atoms with E-state index in [-0.39, 0.29) is 0 Å². The molecule has 0 amide bonds. The average molecular weight is 588 g/mol. The van der Waals surface area contributed by atoms with E-state index in [4.69, 9.17) is 4.42 Å². The highest BCUT2D eigenvalue weighted by Gasteiger charge is 2.16. The molecule has 0 fully saturated rings. The Morgan fingerprint density at radius 3 is 1.35 bits per heavy atom. The Hall–Kier alpha value is -6.12. The van der Waals surface area contributed by atoms with Crippen molar-refractivity contribution in [1.29, 1.82) is 0 Å². The first-order valence-electron chi connectivity index (χ1n) is 15.7. The molecule has 0 unspecified atom stereocenters. The molecule has 1 heterocycles. The van der Waals surface area contributed by atoms with Crippen molar-refractivity contribution in [2.75, 3.05) is 4.90 Å². The van der Waals surface area contributed by atoms with Crippen LogP contribution in [0.1, 0.15) is 0 Å². The van der Waals surface area contributed by atoms with Gasteiger partial charge in [-0.25, -0.2) is 0 Å². The van der Waals surface area contributed by atoms with E-state index in [1.165, 1.54) is 43.8 Å². The summed E-state index contributed by atoms with van der Waals surface area (Å²) in [5, 5.41) is 7.25. The summed E-state index contributed by atoms with van der Waals surface area (Å²) in [5.74, 6) is 0. The van der Waals surface area contributed by atoms with Crippen LogP contribution < -0.4 is 4.90 Å². The summed E-state index contributed by atoms with van der Waals surface area (Å²) in [6.07, 6.45) is 0. The van der Waals surface area contributed by atoms with Gasteiger partial charge in [0.2, 0.25) is 0 Å². The number of rotatable bonds is 5. The van der Waals surface area contributed by atoms with E-state index in [0.717, 1.165) is 39.0 Å². The largest absolute Gasteiger partial charge is 0.456 e. The van der Waals surface area contributed by atoms with Crippen LogP contribution in [0.2, 0.25) is 0 Å². The third-order valence-electron chi connectivity index (χ3n) is 9.04. The summed E-state index contributed by atoms with van der Waals surface area (Å²) < 4.78 is 6.31. The molecule has 0 N–H and O–H groups in total. The fraction of sp³-hybridized carbons (Fsp3) is 0. The summed E-state index contributed by atoms with van der Waals surface area (Å²) in [6.45, 7) is 0. The monoisotopic (exact) mass is 587 g/mol. The van der Waals surface area contributed by atoms with E-state index < -0.39 is 0 Å². The van der Waals surface area contributed by atoms with Gasteiger partial charge in [0, 0.05) is 33.9 Å². The van der Waals surface area contributed by atoms with Gasteiger partial charge in [-0.1, -0.05) is 115 Å². The van der Waals surface area contributed by atoms with Crippen molar-refractivity contribution in [3.8, 4) is 22.3 Å². The Morgan fingerprint density at radius 2 is 0.761 bits per heavy atom. The third-order valence-corrected chi connectivity index (χ3v) is 9.04. The number of para-hydroxylation sites is 1. The average Bonchev–Trinajstić information content (AvgIpc) is 3.50. The van der Waals surface area contributed by atoms with Crippen LogP contribution in [0.4, 0.5) is 17.1 Å². The molecule has 0 saturated carbocycles. The minimum Gasteiger partial charge on any atom is -0.456 e. The van der Waals surface area contributed by atoms with E-state index >= 15 is 0 Å². The normalized spacial score (nSPS) is 11.5. The van der Waals surface area contributed by atoms with Gasteiger partial charge in [-0.15, -0.1) is 0 Å². The highest BCUT2D eigenvalue weighted by Crippen LogP contribution is 2.40. The molecular formula is C44H29NO. The summed E-state index contributed by atoms with van der Waals surface area (Å²) in [6, 6.07) is 62.8. The lowest BCUT2D eigenvalue weighted by atomic mass is 10.00. The zero-order valence-corrected chi connectivity index (χ0v) is 25.1. The van der Waals surface area contributed by atoms with Gasteiger partial charge < -0.3 is 9.32 Å². The number of hydrogen-bond acceptors (Lipinski definition) is 2. The Balaban J connectivity index is 1.13. The molecule has 0 saturated heterocycles. The van der Waals surface area contributed by atoms with E-state index in [9.17, 15) is 0 Å². The predicted molar refractivity (Wildman–Crippen MR) is 194 cm³/mol. The first-order chi connectivity index (χ1) is 22.8. The molecule has 0 aliphatic heterocycles. The molecule has 216 valence electrons. The molecule has 9 aromatic rings. The lowest BCUT2D eigenvalue weighted by Gasteiger charge is -2.26. The van der Waals surface area contributed by atoms with Crippen LogP contribution in [0, 0.1) is 0 Å². The zero-order valence-electron chi connectivity index (χ0n) is 25.1. The van der Waals surface area contributed by atoms with Crippen molar-refractivity contribution >= 4 is 60.5 Å². The molecule has 2 nitrogen and oxygen atoms in total. The maximum atomic E-state index is 6.31. The zero-order chi connectivity index (χ0) is 30.5. The molecular weight excluding hydrogens is 558 g/mol. The van der Waals surface area contributed by atoms with Gasteiger partial charge in [-0.05, 0) is 98.4 Å². The van der Waals surface area contributed by atoms with Crippen LogP contribution in [0.3, 0.4) is 0 Å². The molecule has 1 aromatic heterocycles. The van der Waals surface area contributed by atoms with Crippen LogP contribution in [-0.2, 0) is 0 Å². The standard InChI is InChI=1S/C44H29NO/c1-3-9-34-27-36(15-13-30(34)7-1)32-17-21-38(22-18-32)45(40-25-26-42-41-11-5-6-12-43(41)46-44(42)29-40)39-23-19-33(20-24-39)37-16-14-31-8-2-4-10-35(31)28-37/h1-29H. The van der Waals surface area contributed by atoms with Gasteiger partial charge in [0.05, 0.1) is 0 Å². The molecule has 0 aliphatic carbocycles. The van der Waals surface area contributed by atoms with E-state index in [2.05, 4.69) is 169 Å². The van der Waals surface area contributed by atoms with Crippen LogP contribution in [0.25, 0.3) is 65.7 Å². The van der Waals surface area contributed by atoms with Gasteiger partial charge in [0.25, 0.3) is 0 Å². The Morgan fingerprint density at radius 1 is 0.304 bits per heavy atom. The smallest absolute Gasteiger partial charge is 0.137 e. The Kier molecular flexibility index (Phi) is 6.17. The molecule has 9 rings (SSSR count). The van der Waals surface area contributed by atoms with Gasteiger partial charge in [-0.2, -0.15) is 0 Å². The van der Waals surface area contributed by atoms with E-state index in [1.807, 2.05) is 12.1 Å². The van der Waals surface area contributed by atoms with Gasteiger partial charge in [0.15, 0.2) is 0 Å². The van der Waals surface area contributed by atoms with Crippen LogP contribution >= 0.6 is 0 Å². The maximum absolute atomic E-state index is 6.31. The third kappa shape index (κ3) is 4.60. The quantitative estimate of drug-likeness (QED) is 0.199. The summed E-state index contributed by atoms with van der Waals surface area (Å²) in [5.41, 5.74) is 9.79. The summed E-state index contributed by atoms with van der Waals surface area (Å²) in [4.78, 5) is 2.31. The lowest BCUT2D eigenvalue weighted by molar-refractivity contribution is 0.669. The van der Waals surface area contributed by atoms with Crippen molar-refractivity contribution in [2.24, 2.45) is 0 Å². The lowest BCUT2D eigenvalue weighted by Crippen LogP contribution is -2.09. The van der Waals surface area contributed by atoms with Crippen molar-refractivity contribution < 1.29 is 4.42 Å². The van der Waals surface area contributed by atoms with Crippen molar-refractivity contribution in [1.82, 2.24) is 0 Å². The fourth-order valence-corrected chi connectivity index (χ4v) is 6.64. The highest BCUT2D eigenvalue weighted by molar-refractivity contribution is 6.06. The molecule has 2 heteroatoms. The molecule has 8 aromatic carbocycles. The molecule has 46 heavy (non-hydrogen) atoms. The second-order valence-corrected chi connectivity index (χ2v) is 11.8. The van der Waals surface area contributed by atoms with Gasteiger partial charge >= 0.3 is 0 Å². The van der Waals surface area contributed by atoms with Gasteiger partial charge in [0.1, 0.15) is 11.2 Å². The fourth-order valence-electron chi connectivity index (χ4n) is 6.64. The molecule has 0 atom stereocenters. The number of anilines is 3. The van der Waals surface area contributed by atoms with E-state index in [0.29, 0.717) is 0 Å². The molecule has 0 radical (unpaired) electrons. The van der Waals surface area contributed by atoms with Crippen LogP contribution in [0.5, 0.6) is 0 Å². The number of benzene rings is 8. The van der Waals surface area contributed by atoms with Crippen molar-refractivity contribution in [2.45, 2.75) is 0 Å². The van der Waals surface area contributed by atoms with Crippen molar-refractivity contribution in [3.63, 3.8) is 0 Å². The summed E-state index contributed by atoms with van der Waals surface area (Å²) in [7, 11) is 0. The first kappa shape index (κ1) is 26.3. The summed E-state index contributed by atoms with van der Waals surface area (Å²) >= 11 is 0. The number of hydrogen-bond donors (Lipinski definition) is 0. The van der Waals surface area contributed by atoms with Crippen LogP contribution in [0.15, 0.2) is 180 Å². The Bertz CT molecular complexity index is 2400. The highest BCUT2D eigenvalue weighted by atomic mass is 16.3. The van der Waals surface area contributed by atoms with Crippen molar-refractivity contribution in [3.05, 3.63) is 176 Å². The predicted octanol–water partition coefficient (Wildman–Crippen LogP) is 12.7. The second kappa shape index (κ2) is 10.8. The molecule has 0 bridgehead atoms. The van der Waals surface area contributed by atoms with Gasteiger partial charge in [-0.3, -0.25) is 0 Å². The number of fused-ring (bicyclic) bond motifs is 5. The first-order valence-corrected chi connectivity index (χ1v) is 15.7. The Labute approximate surface area is 267 Å². The molecule has 0 aliphatic rings. The minimum atomic E-state index is 0.879. The number of nitrogens with zero attached hydrogens (tertiary/aromatic N) is 1. The maximum Gasteiger partial charge on any atom is 0.137 e. The second-order valence-electron chi connectivity index (χ2n) is 11.8. The minimum absolute atomic E-state index is 0.879. The topological polar surface area (TPSA) is 16.4 Å². The van der Waals surface area contributed by atoms with E-state index in [1.54, 1.807) is 0 Å². The number of furan rings is 1. The molecule has 0 spiro atoms. The van der Waals surface area contributed by atoms with Crippen LogP contribution in [-0.4, -0.2) is 0 Å².